The maximum absolute atomic E-state index is 4.24. The number of hydrogen-bond donors (Lipinski definition) is 0. The summed E-state index contributed by atoms with van der Waals surface area (Å²) in [6.45, 7) is 17.2. The van der Waals surface area contributed by atoms with Crippen LogP contribution in [0.5, 0.6) is 0 Å². The molecule has 0 saturated carbocycles. The third kappa shape index (κ3) is 5.53. The van der Waals surface area contributed by atoms with Crippen LogP contribution in [-0.4, -0.2) is 0 Å². The van der Waals surface area contributed by atoms with Crippen LogP contribution in [0, 0.1) is 0 Å². The van der Waals surface area contributed by atoms with Gasteiger partial charge in [-0.25, -0.2) is 0 Å². The lowest BCUT2D eigenvalue weighted by molar-refractivity contribution is 0.584. The molecule has 24 heavy (non-hydrogen) atoms. The molecule has 0 unspecified atom stereocenters. The van der Waals surface area contributed by atoms with Gasteiger partial charge in [0.25, 0.3) is 0 Å². The molecule has 2 aromatic rings. The molecule has 2 aromatic carbocycles. The highest BCUT2D eigenvalue weighted by molar-refractivity contribution is 5.76. The molecule has 0 aliphatic heterocycles. The second kappa shape index (κ2) is 9.27. The Balaban J connectivity index is 0.00000139. The molecular weight excluding hydrogens is 288 g/mol. The fourth-order valence-electron chi connectivity index (χ4n) is 2.68. The van der Waals surface area contributed by atoms with Gasteiger partial charge in [-0.15, -0.1) is 0 Å². The standard InChI is InChI=1S/C22H26.C2H6/c1-17(18(2)19-11-7-6-8-12-19)15-16-20-13-9-10-14-21(20)22(3,4)5;1-2/h6-15H,2,16H2,1,3-5H3;1-2H3/b17-15-;. The minimum atomic E-state index is 0.175. The minimum Gasteiger partial charge on any atom is -0.0909 e. The summed E-state index contributed by atoms with van der Waals surface area (Å²) in [7, 11) is 0. The molecule has 0 heteroatoms. The Bertz CT molecular complexity index is 667. The van der Waals surface area contributed by atoms with E-state index in [2.05, 4.69) is 88.9 Å². The summed E-state index contributed by atoms with van der Waals surface area (Å²) in [5.74, 6) is 0. The van der Waals surface area contributed by atoms with Gasteiger partial charge in [0.05, 0.1) is 0 Å². The van der Waals surface area contributed by atoms with E-state index in [-0.39, 0.29) is 5.41 Å². The fraction of sp³-hybridized carbons (Fsp3) is 0.333. The molecule has 0 fully saturated rings. The van der Waals surface area contributed by atoms with Gasteiger partial charge in [0, 0.05) is 0 Å². The van der Waals surface area contributed by atoms with Gasteiger partial charge >= 0.3 is 0 Å². The lowest BCUT2D eigenvalue weighted by atomic mass is 9.82. The highest BCUT2D eigenvalue weighted by atomic mass is 14.2. The molecule has 0 radical (unpaired) electrons. The predicted octanol–water partition coefficient (Wildman–Crippen LogP) is 7.21. The van der Waals surface area contributed by atoms with Gasteiger partial charge in [0.2, 0.25) is 0 Å². The summed E-state index contributed by atoms with van der Waals surface area (Å²) < 4.78 is 0. The molecule has 128 valence electrons. The van der Waals surface area contributed by atoms with Gasteiger partial charge in [-0.1, -0.05) is 102 Å². The Morgan fingerprint density at radius 2 is 1.46 bits per heavy atom. The largest absolute Gasteiger partial charge is 0.0909 e. The predicted molar refractivity (Wildman–Crippen MR) is 109 cm³/mol. The quantitative estimate of drug-likeness (QED) is 0.522. The molecule has 0 N–H and O–H groups in total. The van der Waals surface area contributed by atoms with E-state index in [1.807, 2.05) is 19.9 Å². The summed E-state index contributed by atoms with van der Waals surface area (Å²) in [6.07, 6.45) is 3.24. The zero-order valence-electron chi connectivity index (χ0n) is 16.2. The van der Waals surface area contributed by atoms with Crippen molar-refractivity contribution in [2.75, 3.05) is 0 Å². The normalized spacial score (nSPS) is 11.5. The first kappa shape index (κ1) is 20.0. The molecule has 2 rings (SSSR count). The molecule has 0 atom stereocenters. The van der Waals surface area contributed by atoms with Crippen molar-refractivity contribution >= 4 is 5.57 Å². The lowest BCUT2D eigenvalue weighted by Gasteiger charge is -2.22. The summed E-state index contributed by atoms with van der Waals surface area (Å²) in [5.41, 5.74) is 6.54. The third-order valence-electron chi connectivity index (χ3n) is 4.05. The fourth-order valence-corrected chi connectivity index (χ4v) is 2.68. The van der Waals surface area contributed by atoms with Gasteiger partial charge in [-0.05, 0) is 46.6 Å². The first-order valence-electron chi connectivity index (χ1n) is 8.89. The lowest BCUT2D eigenvalue weighted by Crippen LogP contribution is -2.13. The number of allylic oxidation sites excluding steroid dienone is 3. The van der Waals surface area contributed by atoms with Crippen LogP contribution in [0.3, 0.4) is 0 Å². The Kier molecular flexibility index (Phi) is 7.71. The average Bonchev–Trinajstić information content (AvgIpc) is 2.61. The van der Waals surface area contributed by atoms with Crippen LogP contribution in [0.15, 0.2) is 72.8 Å². The van der Waals surface area contributed by atoms with E-state index in [1.165, 1.54) is 22.3 Å². The maximum atomic E-state index is 4.24. The maximum Gasteiger partial charge on any atom is -0.00886 e. The van der Waals surface area contributed by atoms with Crippen molar-refractivity contribution in [3.05, 3.63) is 89.5 Å². The second-order valence-electron chi connectivity index (χ2n) is 6.84. The first-order valence-corrected chi connectivity index (χ1v) is 8.89. The van der Waals surface area contributed by atoms with E-state index in [4.69, 9.17) is 0 Å². The van der Waals surface area contributed by atoms with Crippen LogP contribution in [0.25, 0.3) is 5.57 Å². The van der Waals surface area contributed by atoms with E-state index in [1.54, 1.807) is 0 Å². The summed E-state index contributed by atoms with van der Waals surface area (Å²) in [6, 6.07) is 19.1. The topological polar surface area (TPSA) is 0 Å². The Hall–Kier alpha value is -2.08. The number of hydrogen-bond acceptors (Lipinski definition) is 0. The van der Waals surface area contributed by atoms with Crippen LogP contribution in [0.2, 0.25) is 0 Å². The highest BCUT2D eigenvalue weighted by Gasteiger charge is 2.16. The molecule has 0 amide bonds. The van der Waals surface area contributed by atoms with Gasteiger partial charge in [0.15, 0.2) is 0 Å². The van der Waals surface area contributed by atoms with Crippen LogP contribution in [0.1, 0.15) is 58.2 Å². The Morgan fingerprint density at radius 1 is 0.917 bits per heavy atom. The van der Waals surface area contributed by atoms with E-state index >= 15 is 0 Å². The van der Waals surface area contributed by atoms with Crippen molar-refractivity contribution in [3.63, 3.8) is 0 Å². The molecule has 0 nitrogen and oxygen atoms in total. The first-order chi connectivity index (χ1) is 11.4. The van der Waals surface area contributed by atoms with Crippen LogP contribution in [0.4, 0.5) is 0 Å². The molecular formula is C24H32. The average molecular weight is 321 g/mol. The van der Waals surface area contributed by atoms with E-state index in [0.717, 1.165) is 12.0 Å². The summed E-state index contributed by atoms with van der Waals surface area (Å²) in [4.78, 5) is 0. The zero-order valence-corrected chi connectivity index (χ0v) is 16.2. The van der Waals surface area contributed by atoms with Crippen LogP contribution < -0.4 is 0 Å². The second-order valence-corrected chi connectivity index (χ2v) is 6.84. The van der Waals surface area contributed by atoms with Crippen molar-refractivity contribution < 1.29 is 0 Å². The van der Waals surface area contributed by atoms with Crippen molar-refractivity contribution in [2.45, 2.75) is 53.4 Å². The number of benzene rings is 2. The molecule has 0 aromatic heterocycles. The molecule has 0 aliphatic carbocycles. The van der Waals surface area contributed by atoms with E-state index < -0.39 is 0 Å². The minimum absolute atomic E-state index is 0.175. The van der Waals surface area contributed by atoms with Crippen molar-refractivity contribution in [2.24, 2.45) is 0 Å². The van der Waals surface area contributed by atoms with Crippen molar-refractivity contribution in [1.29, 1.82) is 0 Å². The van der Waals surface area contributed by atoms with Crippen molar-refractivity contribution in [3.8, 4) is 0 Å². The summed E-state index contributed by atoms with van der Waals surface area (Å²) in [5, 5.41) is 0. The zero-order chi connectivity index (χ0) is 18.2. The highest BCUT2D eigenvalue weighted by Crippen LogP contribution is 2.27. The monoisotopic (exact) mass is 320 g/mol. The van der Waals surface area contributed by atoms with Crippen molar-refractivity contribution in [1.82, 2.24) is 0 Å². The van der Waals surface area contributed by atoms with E-state index in [9.17, 15) is 0 Å². The van der Waals surface area contributed by atoms with Gasteiger partial charge in [0.1, 0.15) is 0 Å². The molecule has 0 saturated heterocycles. The SMILES string of the molecule is C=C(/C(C)=C\Cc1ccccc1C(C)(C)C)c1ccccc1.CC. The van der Waals surface area contributed by atoms with Gasteiger partial charge in [-0.3, -0.25) is 0 Å². The third-order valence-corrected chi connectivity index (χ3v) is 4.05. The molecule has 0 aliphatic rings. The Labute approximate surface area is 148 Å². The smallest absolute Gasteiger partial charge is 0.00886 e. The van der Waals surface area contributed by atoms with E-state index in [0.29, 0.717) is 0 Å². The molecule has 0 heterocycles. The van der Waals surface area contributed by atoms with Gasteiger partial charge < -0.3 is 0 Å². The number of rotatable bonds is 4. The van der Waals surface area contributed by atoms with Crippen LogP contribution in [-0.2, 0) is 11.8 Å². The molecule has 0 spiro atoms. The molecule has 0 bridgehead atoms. The van der Waals surface area contributed by atoms with Crippen LogP contribution >= 0.6 is 0 Å². The summed E-state index contributed by atoms with van der Waals surface area (Å²) >= 11 is 0. The van der Waals surface area contributed by atoms with Gasteiger partial charge in [-0.2, -0.15) is 0 Å². The Morgan fingerprint density at radius 3 is 2.04 bits per heavy atom.